The second-order valence-electron chi connectivity index (χ2n) is 2.10. The van der Waals surface area contributed by atoms with Crippen molar-refractivity contribution < 1.29 is 4.39 Å². The summed E-state index contributed by atoms with van der Waals surface area (Å²) < 4.78 is 12.3. The van der Waals surface area contributed by atoms with E-state index in [9.17, 15) is 4.39 Å². The van der Waals surface area contributed by atoms with Crippen LogP contribution in [0.5, 0.6) is 0 Å². The number of hydrogen-bond donors (Lipinski definition) is 1. The zero-order valence-corrected chi connectivity index (χ0v) is 6.00. The molecule has 2 heteroatoms. The lowest BCUT2D eigenvalue weighted by atomic mass is 10.1. The number of rotatable bonds is 1. The van der Waals surface area contributed by atoms with Crippen LogP contribution >= 0.6 is 12.6 Å². The van der Waals surface area contributed by atoms with Gasteiger partial charge < -0.3 is 0 Å². The third-order valence-electron chi connectivity index (χ3n) is 1.39. The molecular formula is C7H9FS. The van der Waals surface area contributed by atoms with Crippen molar-refractivity contribution in [2.45, 2.75) is 12.8 Å². The summed E-state index contributed by atoms with van der Waals surface area (Å²) in [5.74, 6) is 0.740. The summed E-state index contributed by atoms with van der Waals surface area (Å²) in [5, 5.41) is 0. The molecule has 50 valence electrons. The van der Waals surface area contributed by atoms with Gasteiger partial charge in [-0.3, -0.25) is 0 Å². The molecule has 1 rings (SSSR count). The van der Waals surface area contributed by atoms with Crippen LogP contribution in [0.2, 0.25) is 0 Å². The molecule has 0 amide bonds. The quantitative estimate of drug-likeness (QED) is 0.537. The summed E-state index contributed by atoms with van der Waals surface area (Å²) in [6.07, 6.45) is 4.74. The molecule has 0 bridgehead atoms. The Labute approximate surface area is 59.9 Å². The van der Waals surface area contributed by atoms with Crippen LogP contribution in [0.4, 0.5) is 4.39 Å². The average molecular weight is 144 g/mol. The molecule has 0 aliphatic heterocycles. The van der Waals surface area contributed by atoms with E-state index >= 15 is 0 Å². The lowest BCUT2D eigenvalue weighted by Crippen LogP contribution is -1.90. The van der Waals surface area contributed by atoms with Crippen molar-refractivity contribution in [1.82, 2.24) is 0 Å². The van der Waals surface area contributed by atoms with Crippen molar-refractivity contribution in [1.29, 1.82) is 0 Å². The lowest BCUT2D eigenvalue weighted by Gasteiger charge is -2.05. The largest absolute Gasteiger partial charge is 0.212 e. The summed E-state index contributed by atoms with van der Waals surface area (Å²) in [4.78, 5) is 0. The molecule has 0 saturated heterocycles. The molecule has 0 spiro atoms. The number of allylic oxidation sites excluding steroid dienone is 3. The van der Waals surface area contributed by atoms with Crippen LogP contribution in [-0.4, -0.2) is 5.75 Å². The summed E-state index contributed by atoms with van der Waals surface area (Å²) >= 11 is 4.07. The van der Waals surface area contributed by atoms with Gasteiger partial charge in [-0.1, -0.05) is 11.6 Å². The van der Waals surface area contributed by atoms with Gasteiger partial charge >= 0.3 is 0 Å². The molecule has 0 saturated carbocycles. The van der Waals surface area contributed by atoms with Crippen molar-refractivity contribution in [2.24, 2.45) is 0 Å². The van der Waals surface area contributed by atoms with Gasteiger partial charge in [0.05, 0.1) is 0 Å². The second-order valence-corrected chi connectivity index (χ2v) is 2.41. The molecule has 0 atom stereocenters. The zero-order chi connectivity index (χ0) is 6.69. The van der Waals surface area contributed by atoms with Crippen LogP contribution < -0.4 is 0 Å². The third-order valence-corrected chi connectivity index (χ3v) is 1.79. The minimum Gasteiger partial charge on any atom is -0.212 e. The SMILES string of the molecule is FC1=CC=C(CS)CC1. The first kappa shape index (κ1) is 6.87. The van der Waals surface area contributed by atoms with E-state index < -0.39 is 0 Å². The highest BCUT2D eigenvalue weighted by atomic mass is 32.1. The van der Waals surface area contributed by atoms with E-state index in [2.05, 4.69) is 12.6 Å². The zero-order valence-electron chi connectivity index (χ0n) is 5.10. The Hall–Kier alpha value is -0.240. The monoisotopic (exact) mass is 144 g/mol. The van der Waals surface area contributed by atoms with Crippen LogP contribution in [0, 0.1) is 0 Å². The summed E-state index contributed by atoms with van der Waals surface area (Å²) in [7, 11) is 0. The second kappa shape index (κ2) is 3.06. The molecule has 0 aromatic rings. The fourth-order valence-corrected chi connectivity index (χ4v) is 1.05. The summed E-state index contributed by atoms with van der Waals surface area (Å²) in [6.45, 7) is 0. The van der Waals surface area contributed by atoms with Gasteiger partial charge in [-0.2, -0.15) is 12.6 Å². The fraction of sp³-hybridized carbons (Fsp3) is 0.429. The van der Waals surface area contributed by atoms with Crippen LogP contribution in [0.3, 0.4) is 0 Å². The summed E-state index contributed by atoms with van der Waals surface area (Å²) in [6, 6.07) is 0. The van der Waals surface area contributed by atoms with Gasteiger partial charge in [0, 0.05) is 12.2 Å². The Kier molecular flexibility index (Phi) is 2.34. The fourth-order valence-electron chi connectivity index (χ4n) is 0.787. The van der Waals surface area contributed by atoms with E-state index in [1.165, 1.54) is 11.6 Å². The van der Waals surface area contributed by atoms with Gasteiger partial charge in [0.15, 0.2) is 0 Å². The minimum absolute atomic E-state index is 0.0134. The predicted octanol–water partition coefficient (Wildman–Crippen LogP) is 2.49. The van der Waals surface area contributed by atoms with E-state index in [1.54, 1.807) is 0 Å². The van der Waals surface area contributed by atoms with Gasteiger partial charge in [-0.25, -0.2) is 4.39 Å². The topological polar surface area (TPSA) is 0 Å². The Morgan fingerprint density at radius 1 is 1.44 bits per heavy atom. The maximum absolute atomic E-state index is 12.3. The van der Waals surface area contributed by atoms with Gasteiger partial charge in [0.1, 0.15) is 5.83 Å². The van der Waals surface area contributed by atoms with E-state index in [1.807, 2.05) is 6.08 Å². The normalized spacial score (nSPS) is 18.9. The van der Waals surface area contributed by atoms with Crippen LogP contribution in [0.1, 0.15) is 12.8 Å². The van der Waals surface area contributed by atoms with Crippen LogP contribution in [0.25, 0.3) is 0 Å². The molecule has 0 unspecified atom stereocenters. The lowest BCUT2D eigenvalue weighted by molar-refractivity contribution is 0.582. The van der Waals surface area contributed by atoms with Gasteiger partial charge in [0.2, 0.25) is 0 Å². The molecule has 9 heavy (non-hydrogen) atoms. The Balaban J connectivity index is 2.59. The maximum Gasteiger partial charge on any atom is 0.100 e. The Morgan fingerprint density at radius 3 is 2.67 bits per heavy atom. The van der Waals surface area contributed by atoms with E-state index in [-0.39, 0.29) is 5.83 Å². The maximum atomic E-state index is 12.3. The van der Waals surface area contributed by atoms with Crippen molar-refractivity contribution >= 4 is 12.6 Å². The highest BCUT2D eigenvalue weighted by molar-refractivity contribution is 7.80. The molecular weight excluding hydrogens is 135 g/mol. The van der Waals surface area contributed by atoms with Crippen molar-refractivity contribution in [3.63, 3.8) is 0 Å². The van der Waals surface area contributed by atoms with Gasteiger partial charge in [-0.05, 0) is 12.5 Å². The van der Waals surface area contributed by atoms with E-state index in [4.69, 9.17) is 0 Å². The molecule has 1 aliphatic rings. The van der Waals surface area contributed by atoms with E-state index in [0.717, 1.165) is 12.2 Å². The molecule has 0 fully saturated rings. The minimum atomic E-state index is -0.0134. The molecule has 0 radical (unpaired) electrons. The summed E-state index contributed by atoms with van der Waals surface area (Å²) in [5.41, 5.74) is 1.22. The number of thiol groups is 1. The molecule has 0 heterocycles. The Bertz CT molecular complexity index is 158. The van der Waals surface area contributed by atoms with Crippen molar-refractivity contribution in [3.8, 4) is 0 Å². The first-order valence-electron chi connectivity index (χ1n) is 2.98. The molecule has 0 aromatic carbocycles. The van der Waals surface area contributed by atoms with Crippen molar-refractivity contribution in [2.75, 3.05) is 5.75 Å². The molecule has 0 N–H and O–H groups in total. The smallest absolute Gasteiger partial charge is 0.100 e. The highest BCUT2D eigenvalue weighted by Gasteiger charge is 2.02. The first-order valence-corrected chi connectivity index (χ1v) is 3.61. The average Bonchev–Trinajstić information content (AvgIpc) is 1.90. The van der Waals surface area contributed by atoms with Crippen molar-refractivity contribution in [3.05, 3.63) is 23.6 Å². The van der Waals surface area contributed by atoms with E-state index in [0.29, 0.717) is 6.42 Å². The Morgan fingerprint density at radius 2 is 2.22 bits per heavy atom. The molecule has 1 aliphatic carbocycles. The highest BCUT2D eigenvalue weighted by Crippen LogP contribution is 2.19. The van der Waals surface area contributed by atoms with Gasteiger partial charge in [0.25, 0.3) is 0 Å². The predicted molar refractivity (Wildman–Crippen MR) is 40.4 cm³/mol. The van der Waals surface area contributed by atoms with Gasteiger partial charge in [-0.15, -0.1) is 0 Å². The standard InChI is InChI=1S/C7H9FS/c8-7-3-1-6(5-9)2-4-7/h1,3,9H,2,4-5H2. The molecule has 0 nitrogen and oxygen atoms in total. The number of halogens is 1. The first-order chi connectivity index (χ1) is 4.33. The van der Waals surface area contributed by atoms with Crippen LogP contribution in [-0.2, 0) is 0 Å². The number of hydrogen-bond acceptors (Lipinski definition) is 1. The van der Waals surface area contributed by atoms with Crippen LogP contribution in [0.15, 0.2) is 23.6 Å². The molecule has 0 aromatic heterocycles. The third kappa shape index (κ3) is 1.86.